The molecule has 2 N–H and O–H groups in total. The van der Waals surface area contributed by atoms with E-state index in [1.54, 1.807) is 24.3 Å². The predicted octanol–water partition coefficient (Wildman–Crippen LogP) is 4.20. The summed E-state index contributed by atoms with van der Waals surface area (Å²) in [6, 6.07) is 12.1. The van der Waals surface area contributed by atoms with E-state index in [1.807, 2.05) is 0 Å². The number of nitrogens with zero attached hydrogens (tertiary/aromatic N) is 3. The van der Waals surface area contributed by atoms with Crippen molar-refractivity contribution in [2.75, 3.05) is 12.4 Å². The zero-order valence-corrected chi connectivity index (χ0v) is 15.7. The van der Waals surface area contributed by atoms with Crippen molar-refractivity contribution in [2.45, 2.75) is 0 Å². The Balaban J connectivity index is 1.56. The molecule has 7 nitrogen and oxygen atoms in total. The average Bonchev–Trinajstić information content (AvgIpc) is 2.76. The van der Waals surface area contributed by atoms with Crippen molar-refractivity contribution in [3.05, 3.63) is 78.3 Å². The maximum atomic E-state index is 13.8. The van der Waals surface area contributed by atoms with Crippen molar-refractivity contribution in [1.82, 2.24) is 20.3 Å². The number of ether oxygens (including phenoxy) is 1. The molecule has 0 saturated carbocycles. The van der Waals surface area contributed by atoms with Crippen molar-refractivity contribution >= 4 is 28.4 Å². The van der Waals surface area contributed by atoms with Gasteiger partial charge in [0.25, 0.3) is 5.91 Å². The van der Waals surface area contributed by atoms with Crippen molar-refractivity contribution in [3.63, 3.8) is 0 Å². The molecule has 0 spiro atoms. The third kappa shape index (κ3) is 4.00. The summed E-state index contributed by atoms with van der Waals surface area (Å²) < 4.78 is 33.0. The first-order valence-corrected chi connectivity index (χ1v) is 8.87. The van der Waals surface area contributed by atoms with Gasteiger partial charge in [-0.05, 0) is 36.4 Å². The molecular formula is C21H15F2N5O2. The largest absolute Gasteiger partial charge is 0.457 e. The lowest BCUT2D eigenvalue weighted by Gasteiger charge is -2.09. The van der Waals surface area contributed by atoms with Gasteiger partial charge in [-0.3, -0.25) is 9.78 Å². The molecule has 0 bridgehead atoms. The van der Waals surface area contributed by atoms with Crippen molar-refractivity contribution < 1.29 is 18.3 Å². The third-order valence-corrected chi connectivity index (χ3v) is 4.18. The second-order valence-corrected chi connectivity index (χ2v) is 6.20. The topological polar surface area (TPSA) is 89.0 Å². The summed E-state index contributed by atoms with van der Waals surface area (Å²) >= 11 is 0. The molecule has 0 radical (unpaired) electrons. The smallest absolute Gasteiger partial charge is 0.269 e. The van der Waals surface area contributed by atoms with Gasteiger partial charge in [-0.25, -0.2) is 18.7 Å². The number of hydrogen-bond acceptors (Lipinski definition) is 6. The molecule has 0 atom stereocenters. The molecule has 2 aromatic heterocycles. The minimum absolute atomic E-state index is 0.0566. The second-order valence-electron chi connectivity index (χ2n) is 6.20. The zero-order valence-electron chi connectivity index (χ0n) is 15.7. The number of rotatable bonds is 5. The first kappa shape index (κ1) is 19.2. The van der Waals surface area contributed by atoms with E-state index in [-0.39, 0.29) is 23.2 Å². The van der Waals surface area contributed by atoms with E-state index in [2.05, 4.69) is 25.6 Å². The van der Waals surface area contributed by atoms with Crippen LogP contribution in [0.2, 0.25) is 0 Å². The van der Waals surface area contributed by atoms with Gasteiger partial charge in [0.1, 0.15) is 17.2 Å². The van der Waals surface area contributed by atoms with Gasteiger partial charge >= 0.3 is 0 Å². The SMILES string of the molecule is CNC(=O)c1cc(Oc2ccc3nc(Nc4cccc(F)c4F)ncc3c2)ccn1. The normalized spacial score (nSPS) is 10.6. The number of pyridine rings is 1. The lowest BCUT2D eigenvalue weighted by Crippen LogP contribution is -2.18. The number of anilines is 2. The van der Waals surface area contributed by atoms with Gasteiger partial charge in [-0.15, -0.1) is 0 Å². The lowest BCUT2D eigenvalue weighted by molar-refractivity contribution is 0.0958. The van der Waals surface area contributed by atoms with Crippen LogP contribution >= 0.6 is 0 Å². The van der Waals surface area contributed by atoms with E-state index in [0.717, 1.165) is 6.07 Å². The first-order valence-electron chi connectivity index (χ1n) is 8.87. The maximum Gasteiger partial charge on any atom is 0.269 e. The Morgan fingerprint density at radius 3 is 2.70 bits per heavy atom. The number of amides is 1. The quantitative estimate of drug-likeness (QED) is 0.516. The Morgan fingerprint density at radius 2 is 1.87 bits per heavy atom. The molecule has 150 valence electrons. The fraction of sp³-hybridized carbons (Fsp3) is 0.0476. The van der Waals surface area contributed by atoms with Gasteiger partial charge in [-0.1, -0.05) is 6.07 Å². The second kappa shape index (κ2) is 8.08. The van der Waals surface area contributed by atoms with E-state index in [1.165, 1.54) is 37.6 Å². The van der Waals surface area contributed by atoms with Crippen LogP contribution in [0.15, 0.2) is 60.9 Å². The molecule has 0 unspecified atom stereocenters. The average molecular weight is 407 g/mol. The molecule has 30 heavy (non-hydrogen) atoms. The highest BCUT2D eigenvalue weighted by atomic mass is 19.2. The number of benzene rings is 2. The van der Waals surface area contributed by atoms with Gasteiger partial charge in [0, 0.05) is 30.9 Å². The number of halogens is 2. The van der Waals surface area contributed by atoms with Crippen molar-refractivity contribution in [2.24, 2.45) is 0 Å². The Labute approximate surface area is 169 Å². The summed E-state index contributed by atoms with van der Waals surface area (Å²) in [4.78, 5) is 24.1. The standard InChI is InChI=1S/C21H15F2N5O2/c1-24-20(29)18-10-14(7-8-25-18)30-13-5-6-16-12(9-13)11-26-21(27-16)28-17-4-2-3-15(22)19(17)23/h2-11H,1H3,(H,24,29)(H,26,27,28). The van der Waals surface area contributed by atoms with E-state index >= 15 is 0 Å². The summed E-state index contributed by atoms with van der Waals surface area (Å²) in [6.07, 6.45) is 3.02. The van der Waals surface area contributed by atoms with Gasteiger partial charge in [0.05, 0.1) is 11.2 Å². The van der Waals surface area contributed by atoms with E-state index in [9.17, 15) is 13.6 Å². The summed E-state index contributed by atoms with van der Waals surface area (Å²) in [6.45, 7) is 0. The predicted molar refractivity (Wildman–Crippen MR) is 107 cm³/mol. The minimum Gasteiger partial charge on any atom is -0.457 e. The molecule has 9 heteroatoms. The Hall–Kier alpha value is -4.14. The monoisotopic (exact) mass is 407 g/mol. The number of hydrogen-bond donors (Lipinski definition) is 2. The van der Waals surface area contributed by atoms with Crippen molar-refractivity contribution in [1.29, 1.82) is 0 Å². The van der Waals surface area contributed by atoms with Crippen LogP contribution in [0.1, 0.15) is 10.5 Å². The Bertz CT molecular complexity index is 1250. The number of nitrogens with one attached hydrogen (secondary N) is 2. The third-order valence-electron chi connectivity index (χ3n) is 4.18. The molecule has 0 saturated heterocycles. The zero-order chi connectivity index (χ0) is 21.1. The fourth-order valence-electron chi connectivity index (χ4n) is 2.72. The van der Waals surface area contributed by atoms with Crippen LogP contribution in [-0.2, 0) is 0 Å². The highest BCUT2D eigenvalue weighted by Crippen LogP contribution is 2.26. The van der Waals surface area contributed by atoms with Crippen LogP contribution in [-0.4, -0.2) is 27.9 Å². The molecule has 1 amide bonds. The first-order chi connectivity index (χ1) is 14.5. The lowest BCUT2D eigenvalue weighted by atomic mass is 10.2. The van der Waals surface area contributed by atoms with Gasteiger partial charge < -0.3 is 15.4 Å². The van der Waals surface area contributed by atoms with Crippen LogP contribution < -0.4 is 15.4 Å². The number of aromatic nitrogens is 3. The molecule has 2 heterocycles. The highest BCUT2D eigenvalue weighted by molar-refractivity contribution is 5.92. The Morgan fingerprint density at radius 1 is 1.03 bits per heavy atom. The molecule has 0 aliphatic carbocycles. The minimum atomic E-state index is -1.00. The fourth-order valence-corrected chi connectivity index (χ4v) is 2.72. The van der Waals surface area contributed by atoms with Crippen molar-refractivity contribution in [3.8, 4) is 11.5 Å². The molecule has 4 aromatic rings. The maximum absolute atomic E-state index is 13.8. The summed E-state index contributed by atoms with van der Waals surface area (Å²) in [5, 5.41) is 5.85. The van der Waals surface area contributed by atoms with E-state index in [0.29, 0.717) is 22.4 Å². The molecular weight excluding hydrogens is 392 g/mol. The van der Waals surface area contributed by atoms with E-state index < -0.39 is 11.6 Å². The highest BCUT2D eigenvalue weighted by Gasteiger charge is 2.10. The van der Waals surface area contributed by atoms with E-state index in [4.69, 9.17) is 4.74 Å². The van der Waals surface area contributed by atoms with Crippen LogP contribution in [0, 0.1) is 11.6 Å². The molecule has 0 aliphatic heterocycles. The molecule has 2 aromatic carbocycles. The van der Waals surface area contributed by atoms with Crippen LogP contribution in [0.4, 0.5) is 20.4 Å². The Kier molecular flexibility index (Phi) is 5.17. The summed E-state index contributed by atoms with van der Waals surface area (Å²) in [7, 11) is 1.52. The van der Waals surface area contributed by atoms with Gasteiger partial charge in [0.15, 0.2) is 11.6 Å². The van der Waals surface area contributed by atoms with Crippen LogP contribution in [0.3, 0.4) is 0 Å². The summed E-state index contributed by atoms with van der Waals surface area (Å²) in [5.41, 5.74) is 0.760. The molecule has 0 fully saturated rings. The molecule has 4 rings (SSSR count). The number of carbonyl (C=O) groups excluding carboxylic acids is 1. The summed E-state index contributed by atoms with van der Waals surface area (Å²) in [5.74, 6) is -1.19. The van der Waals surface area contributed by atoms with Gasteiger partial charge in [-0.2, -0.15) is 0 Å². The van der Waals surface area contributed by atoms with Gasteiger partial charge in [0.2, 0.25) is 5.95 Å². The molecule has 0 aliphatic rings. The number of fused-ring (bicyclic) bond motifs is 1. The van der Waals surface area contributed by atoms with Crippen LogP contribution in [0.5, 0.6) is 11.5 Å². The van der Waals surface area contributed by atoms with Crippen LogP contribution in [0.25, 0.3) is 10.9 Å². The number of carbonyl (C=O) groups is 1.